The minimum Gasteiger partial charge on any atom is -0.418 e. The van der Waals surface area contributed by atoms with Crippen molar-refractivity contribution in [2.24, 2.45) is 0 Å². The summed E-state index contributed by atoms with van der Waals surface area (Å²) in [6.07, 6.45) is 1.69. The monoisotopic (exact) mass is 364 g/mol. The van der Waals surface area contributed by atoms with E-state index in [0.29, 0.717) is 17.4 Å². The van der Waals surface area contributed by atoms with Crippen LogP contribution in [0.5, 0.6) is 0 Å². The molecular weight excluding hydrogens is 348 g/mol. The lowest BCUT2D eigenvalue weighted by atomic mass is 10.1. The highest BCUT2D eigenvalue weighted by Crippen LogP contribution is 2.28. The highest BCUT2D eigenvalue weighted by Gasteiger charge is 2.12. The summed E-state index contributed by atoms with van der Waals surface area (Å²) >= 11 is 0. The Labute approximate surface area is 161 Å². The van der Waals surface area contributed by atoms with Crippen molar-refractivity contribution in [3.05, 3.63) is 84.7 Å². The Morgan fingerprint density at radius 2 is 1.54 bits per heavy atom. The molecule has 5 nitrogen and oxygen atoms in total. The Morgan fingerprint density at radius 1 is 0.714 bits per heavy atom. The van der Waals surface area contributed by atoms with E-state index in [2.05, 4.69) is 15.0 Å². The third-order valence-corrected chi connectivity index (χ3v) is 4.46. The number of aryl methyl sites for hydroxylation is 1. The molecule has 0 aliphatic carbocycles. The van der Waals surface area contributed by atoms with E-state index < -0.39 is 0 Å². The summed E-state index contributed by atoms with van der Waals surface area (Å²) in [7, 11) is 0. The Hall–Kier alpha value is -3.86. The first-order valence-electron chi connectivity index (χ1n) is 9.00. The number of fused-ring (bicyclic) bond motifs is 1. The minimum atomic E-state index is 0.529. The van der Waals surface area contributed by atoms with Gasteiger partial charge in [-0.25, -0.2) is 19.9 Å². The lowest BCUT2D eigenvalue weighted by molar-refractivity contribution is 0.608. The molecule has 134 valence electrons. The van der Waals surface area contributed by atoms with Crippen LogP contribution in [0.4, 0.5) is 0 Å². The molecule has 0 saturated heterocycles. The molecule has 0 fully saturated rings. The van der Waals surface area contributed by atoms with Crippen LogP contribution in [0, 0.1) is 6.92 Å². The van der Waals surface area contributed by atoms with Crippen LogP contribution in [0.1, 0.15) is 5.69 Å². The average molecular weight is 364 g/mol. The Bertz CT molecular complexity index is 1250. The number of aromatic nitrogens is 4. The van der Waals surface area contributed by atoms with E-state index in [-0.39, 0.29) is 0 Å². The second kappa shape index (κ2) is 6.70. The maximum absolute atomic E-state index is 5.80. The topological polar surface area (TPSA) is 64.7 Å². The van der Waals surface area contributed by atoms with Gasteiger partial charge in [-0.3, -0.25) is 0 Å². The van der Waals surface area contributed by atoms with Gasteiger partial charge < -0.3 is 4.42 Å². The van der Waals surface area contributed by atoms with Gasteiger partial charge in [0.25, 0.3) is 0 Å². The average Bonchev–Trinajstić information content (AvgIpc) is 3.18. The molecule has 2 aromatic carbocycles. The molecule has 0 unspecified atom stereocenters. The fourth-order valence-electron chi connectivity index (χ4n) is 3.14. The fraction of sp³-hybridized carbons (Fsp3) is 0.0435. The SMILES string of the molecule is Cc1cc(-c2ccccc2)nc(-c2cccc(-c3nc4cccnc4o3)c2)n1. The largest absolute Gasteiger partial charge is 0.418 e. The summed E-state index contributed by atoms with van der Waals surface area (Å²) in [4.78, 5) is 18.2. The van der Waals surface area contributed by atoms with Gasteiger partial charge in [0.1, 0.15) is 5.52 Å². The van der Waals surface area contributed by atoms with Crippen molar-refractivity contribution in [2.75, 3.05) is 0 Å². The standard InChI is InChI=1S/C23H16N4O/c1-15-13-20(16-7-3-2-4-8-16)26-21(25-15)17-9-5-10-18(14-17)22-27-19-11-6-12-24-23(19)28-22/h2-14H,1H3. The molecule has 5 rings (SSSR count). The lowest BCUT2D eigenvalue weighted by Crippen LogP contribution is -1.95. The summed E-state index contributed by atoms with van der Waals surface area (Å²) in [5.41, 5.74) is 5.92. The van der Waals surface area contributed by atoms with E-state index in [9.17, 15) is 0 Å². The van der Waals surface area contributed by atoms with Crippen molar-refractivity contribution >= 4 is 11.2 Å². The van der Waals surface area contributed by atoms with E-state index in [1.165, 1.54) is 0 Å². The molecule has 0 atom stereocenters. The van der Waals surface area contributed by atoms with Crippen LogP contribution in [0.25, 0.3) is 45.3 Å². The van der Waals surface area contributed by atoms with E-state index in [4.69, 9.17) is 9.40 Å². The first-order chi connectivity index (χ1) is 13.8. The number of pyridine rings is 1. The molecule has 0 spiro atoms. The third kappa shape index (κ3) is 3.03. The fourth-order valence-corrected chi connectivity index (χ4v) is 3.14. The van der Waals surface area contributed by atoms with Gasteiger partial charge in [0.05, 0.1) is 5.69 Å². The van der Waals surface area contributed by atoms with Crippen molar-refractivity contribution in [1.29, 1.82) is 0 Å². The summed E-state index contributed by atoms with van der Waals surface area (Å²) in [6, 6.07) is 23.7. The first-order valence-corrected chi connectivity index (χ1v) is 9.00. The van der Waals surface area contributed by atoms with Gasteiger partial charge in [-0.2, -0.15) is 0 Å². The summed E-state index contributed by atoms with van der Waals surface area (Å²) < 4.78 is 5.80. The third-order valence-electron chi connectivity index (χ3n) is 4.46. The molecule has 3 aromatic heterocycles. The molecule has 0 amide bonds. The van der Waals surface area contributed by atoms with Crippen molar-refractivity contribution in [1.82, 2.24) is 19.9 Å². The zero-order valence-electron chi connectivity index (χ0n) is 15.2. The van der Waals surface area contributed by atoms with Gasteiger partial charge in [0.15, 0.2) is 5.82 Å². The Balaban J connectivity index is 1.59. The van der Waals surface area contributed by atoms with Gasteiger partial charge in [-0.05, 0) is 37.3 Å². The van der Waals surface area contributed by atoms with Crippen LogP contribution >= 0.6 is 0 Å². The summed E-state index contributed by atoms with van der Waals surface area (Å²) in [5.74, 6) is 1.21. The van der Waals surface area contributed by atoms with Crippen LogP contribution in [0.2, 0.25) is 0 Å². The molecular formula is C23H16N4O. The van der Waals surface area contributed by atoms with Gasteiger partial charge in [0.2, 0.25) is 11.6 Å². The first kappa shape index (κ1) is 16.3. The summed E-state index contributed by atoms with van der Waals surface area (Å²) in [5, 5.41) is 0. The number of rotatable bonds is 3. The molecule has 0 aliphatic heterocycles. The molecule has 0 N–H and O–H groups in total. The number of hydrogen-bond acceptors (Lipinski definition) is 5. The molecule has 28 heavy (non-hydrogen) atoms. The van der Waals surface area contributed by atoms with Crippen LogP contribution in [0.15, 0.2) is 83.4 Å². The van der Waals surface area contributed by atoms with Crippen molar-refractivity contribution < 1.29 is 4.42 Å². The number of oxazole rings is 1. The second-order valence-corrected chi connectivity index (χ2v) is 6.51. The van der Waals surface area contributed by atoms with Crippen LogP contribution < -0.4 is 0 Å². The molecule has 0 radical (unpaired) electrons. The van der Waals surface area contributed by atoms with Gasteiger partial charge in [0, 0.05) is 28.6 Å². The highest BCUT2D eigenvalue weighted by atomic mass is 16.4. The molecule has 5 aromatic rings. The van der Waals surface area contributed by atoms with Crippen LogP contribution in [-0.4, -0.2) is 19.9 Å². The Kier molecular flexibility index (Phi) is 3.91. The minimum absolute atomic E-state index is 0.529. The summed E-state index contributed by atoms with van der Waals surface area (Å²) in [6.45, 7) is 1.98. The highest BCUT2D eigenvalue weighted by molar-refractivity contribution is 5.74. The quantitative estimate of drug-likeness (QED) is 0.433. The van der Waals surface area contributed by atoms with E-state index in [0.717, 1.165) is 33.6 Å². The molecule has 5 heteroatoms. The van der Waals surface area contributed by atoms with E-state index in [1.54, 1.807) is 6.20 Å². The predicted octanol–water partition coefficient (Wildman–Crippen LogP) is 5.32. The molecule has 3 heterocycles. The van der Waals surface area contributed by atoms with Gasteiger partial charge >= 0.3 is 0 Å². The van der Waals surface area contributed by atoms with E-state index in [1.807, 2.05) is 79.7 Å². The number of benzene rings is 2. The number of nitrogens with zero attached hydrogens (tertiary/aromatic N) is 4. The normalized spacial score (nSPS) is 11.0. The lowest BCUT2D eigenvalue weighted by Gasteiger charge is -2.07. The van der Waals surface area contributed by atoms with Crippen LogP contribution in [-0.2, 0) is 0 Å². The van der Waals surface area contributed by atoms with Gasteiger partial charge in [-0.1, -0.05) is 42.5 Å². The second-order valence-electron chi connectivity index (χ2n) is 6.51. The maximum Gasteiger partial charge on any atom is 0.247 e. The maximum atomic E-state index is 5.80. The zero-order chi connectivity index (χ0) is 18.9. The van der Waals surface area contributed by atoms with Crippen molar-refractivity contribution in [3.8, 4) is 34.1 Å². The van der Waals surface area contributed by atoms with Crippen molar-refractivity contribution in [3.63, 3.8) is 0 Å². The molecule has 0 saturated carbocycles. The van der Waals surface area contributed by atoms with E-state index >= 15 is 0 Å². The molecule has 0 aliphatic rings. The van der Waals surface area contributed by atoms with Crippen molar-refractivity contribution in [2.45, 2.75) is 6.92 Å². The zero-order valence-corrected chi connectivity index (χ0v) is 15.2. The van der Waals surface area contributed by atoms with Gasteiger partial charge in [-0.15, -0.1) is 0 Å². The number of hydrogen-bond donors (Lipinski definition) is 0. The smallest absolute Gasteiger partial charge is 0.247 e. The molecule has 0 bridgehead atoms. The predicted molar refractivity (Wildman–Crippen MR) is 108 cm³/mol. The van der Waals surface area contributed by atoms with Crippen LogP contribution in [0.3, 0.4) is 0 Å². The Morgan fingerprint density at radius 3 is 2.39 bits per heavy atom.